The Bertz CT molecular complexity index is 796. The van der Waals surface area contributed by atoms with E-state index in [-0.39, 0.29) is 12.3 Å². The van der Waals surface area contributed by atoms with E-state index in [4.69, 9.17) is 4.74 Å². The first-order valence-electron chi connectivity index (χ1n) is 7.19. The molecule has 0 saturated carbocycles. The summed E-state index contributed by atoms with van der Waals surface area (Å²) in [7, 11) is 1.48. The Hall–Kier alpha value is -2.40. The second-order valence-corrected chi connectivity index (χ2v) is 5.39. The average Bonchev–Trinajstić information content (AvgIpc) is 2.81. The molecule has 2 heterocycles. The lowest BCUT2D eigenvalue weighted by molar-refractivity contribution is 0.0890. The molecule has 1 aliphatic rings. The van der Waals surface area contributed by atoms with Crippen LogP contribution in [-0.4, -0.2) is 21.8 Å². The molecule has 1 aromatic heterocycles. The second-order valence-electron chi connectivity index (χ2n) is 5.39. The van der Waals surface area contributed by atoms with Crippen LogP contribution >= 0.6 is 0 Å². The van der Waals surface area contributed by atoms with Crippen LogP contribution in [0.1, 0.15) is 30.2 Å². The van der Waals surface area contributed by atoms with E-state index < -0.39 is 11.3 Å². The van der Waals surface area contributed by atoms with E-state index in [1.54, 1.807) is 0 Å². The minimum absolute atomic E-state index is 0.258. The molecule has 0 aliphatic carbocycles. The molecule has 0 radical (unpaired) electrons. The Morgan fingerprint density at radius 2 is 2.09 bits per heavy atom. The van der Waals surface area contributed by atoms with Crippen LogP contribution in [0.25, 0.3) is 5.70 Å². The number of hydrogen-bond donors (Lipinski definition) is 1. The highest BCUT2D eigenvalue weighted by molar-refractivity contribution is 5.59. The van der Waals surface area contributed by atoms with Gasteiger partial charge in [0, 0.05) is 17.7 Å². The van der Waals surface area contributed by atoms with E-state index in [0.717, 1.165) is 11.1 Å². The van der Waals surface area contributed by atoms with Gasteiger partial charge in [-0.3, -0.25) is 4.57 Å². The van der Waals surface area contributed by atoms with E-state index in [0.29, 0.717) is 17.8 Å². The summed E-state index contributed by atoms with van der Waals surface area (Å²) in [4.78, 5) is 16.2. The number of methoxy groups -OCH3 is 1. The maximum Gasteiger partial charge on any atom is 0.355 e. The lowest BCUT2D eigenvalue weighted by Gasteiger charge is -2.25. The maximum atomic E-state index is 12.3. The quantitative estimate of drug-likeness (QED) is 0.940. The summed E-state index contributed by atoms with van der Waals surface area (Å²) in [6, 6.07) is 9.30. The molecule has 1 aliphatic heterocycles. The maximum absolute atomic E-state index is 12.3. The van der Waals surface area contributed by atoms with Gasteiger partial charge in [-0.05, 0) is 12.0 Å². The van der Waals surface area contributed by atoms with Crippen molar-refractivity contribution in [3.05, 3.63) is 64.2 Å². The first-order valence-corrected chi connectivity index (χ1v) is 7.19. The third-order valence-corrected chi connectivity index (χ3v) is 4.12. The lowest BCUT2D eigenvalue weighted by Crippen LogP contribution is -2.31. The molecule has 2 aromatic rings. The van der Waals surface area contributed by atoms with Crippen LogP contribution in [0.2, 0.25) is 0 Å². The molecule has 3 rings (SSSR count). The fourth-order valence-corrected chi connectivity index (χ4v) is 3.16. The number of rotatable bonds is 3. The number of fused-ring (bicyclic) bond motifs is 1. The summed E-state index contributed by atoms with van der Waals surface area (Å²) in [5.41, 5.74) is 0.746. The zero-order chi connectivity index (χ0) is 15.9. The standard InChI is InChI=1S/C17H18N2O3/c1-4-13-14-17(21,12-8-6-5-7-9-12)10-11(2)19(14)16(20)18-15(13)22-3/h5-9,21H,2,4,10H2,1,3H3. The molecule has 5 heteroatoms. The Balaban J connectivity index is 2.38. The van der Waals surface area contributed by atoms with Gasteiger partial charge in [-0.1, -0.05) is 43.8 Å². The van der Waals surface area contributed by atoms with Gasteiger partial charge in [0.25, 0.3) is 0 Å². The lowest BCUT2D eigenvalue weighted by atomic mass is 9.86. The third-order valence-electron chi connectivity index (χ3n) is 4.12. The highest BCUT2D eigenvalue weighted by atomic mass is 16.5. The Kier molecular flexibility index (Phi) is 3.37. The number of aromatic nitrogens is 2. The topological polar surface area (TPSA) is 64.3 Å². The smallest absolute Gasteiger partial charge is 0.355 e. The van der Waals surface area contributed by atoms with Crippen LogP contribution in [0.4, 0.5) is 0 Å². The summed E-state index contributed by atoms with van der Waals surface area (Å²) >= 11 is 0. The molecule has 0 fully saturated rings. The molecule has 1 N–H and O–H groups in total. The van der Waals surface area contributed by atoms with Crippen LogP contribution in [0.5, 0.6) is 5.88 Å². The van der Waals surface area contributed by atoms with Gasteiger partial charge in [0.05, 0.1) is 12.8 Å². The SMILES string of the molecule is C=C1CC(O)(c2ccccc2)c2c(CC)c(OC)nc(=O)n21. The van der Waals surface area contributed by atoms with E-state index >= 15 is 0 Å². The third kappa shape index (κ3) is 1.89. The number of hydrogen-bond acceptors (Lipinski definition) is 4. The zero-order valence-corrected chi connectivity index (χ0v) is 12.7. The van der Waals surface area contributed by atoms with Gasteiger partial charge in [0.15, 0.2) is 0 Å². The first kappa shape index (κ1) is 14.5. The molecule has 0 bridgehead atoms. The summed E-state index contributed by atoms with van der Waals surface area (Å²) in [6.07, 6.45) is 0.850. The highest BCUT2D eigenvalue weighted by Crippen LogP contribution is 2.44. The Morgan fingerprint density at radius 1 is 1.41 bits per heavy atom. The Labute approximate surface area is 128 Å². The van der Waals surface area contributed by atoms with E-state index in [1.165, 1.54) is 11.7 Å². The van der Waals surface area contributed by atoms with Crippen molar-refractivity contribution in [3.8, 4) is 5.88 Å². The van der Waals surface area contributed by atoms with Crippen molar-refractivity contribution in [1.29, 1.82) is 0 Å². The van der Waals surface area contributed by atoms with Crippen molar-refractivity contribution in [2.24, 2.45) is 0 Å². The van der Waals surface area contributed by atoms with Crippen molar-refractivity contribution in [3.63, 3.8) is 0 Å². The van der Waals surface area contributed by atoms with E-state index in [1.807, 2.05) is 37.3 Å². The van der Waals surface area contributed by atoms with Crippen molar-refractivity contribution in [2.45, 2.75) is 25.4 Å². The van der Waals surface area contributed by atoms with Crippen LogP contribution < -0.4 is 10.4 Å². The van der Waals surface area contributed by atoms with Gasteiger partial charge < -0.3 is 9.84 Å². The van der Waals surface area contributed by atoms with Gasteiger partial charge in [-0.2, -0.15) is 4.98 Å². The normalized spacial score (nSPS) is 20.0. The number of benzene rings is 1. The zero-order valence-electron chi connectivity index (χ0n) is 12.7. The van der Waals surface area contributed by atoms with Crippen molar-refractivity contribution in [2.75, 3.05) is 7.11 Å². The highest BCUT2D eigenvalue weighted by Gasteiger charge is 2.44. The minimum atomic E-state index is -1.29. The summed E-state index contributed by atoms with van der Waals surface area (Å²) in [5.74, 6) is 0.266. The van der Waals surface area contributed by atoms with Crippen LogP contribution in [0.3, 0.4) is 0 Å². The molecule has 22 heavy (non-hydrogen) atoms. The van der Waals surface area contributed by atoms with Gasteiger partial charge in [0.1, 0.15) is 5.60 Å². The molecule has 114 valence electrons. The van der Waals surface area contributed by atoms with Crippen molar-refractivity contribution in [1.82, 2.24) is 9.55 Å². The predicted octanol–water partition coefficient (Wildman–Crippen LogP) is 1.92. The molecule has 0 amide bonds. The first-order chi connectivity index (χ1) is 10.5. The van der Waals surface area contributed by atoms with E-state index in [2.05, 4.69) is 11.6 Å². The molecule has 1 atom stereocenters. The molecule has 1 aromatic carbocycles. The van der Waals surface area contributed by atoms with Crippen molar-refractivity contribution < 1.29 is 9.84 Å². The summed E-state index contributed by atoms with van der Waals surface area (Å²) in [6.45, 7) is 5.87. The number of nitrogens with zero attached hydrogens (tertiary/aromatic N) is 2. The van der Waals surface area contributed by atoms with Crippen molar-refractivity contribution >= 4 is 5.70 Å². The van der Waals surface area contributed by atoms with Crippen LogP contribution in [-0.2, 0) is 12.0 Å². The molecular weight excluding hydrogens is 280 g/mol. The monoisotopic (exact) mass is 298 g/mol. The molecular formula is C17H18N2O3. The predicted molar refractivity (Wildman–Crippen MR) is 83.8 cm³/mol. The molecule has 1 unspecified atom stereocenters. The largest absolute Gasteiger partial charge is 0.481 e. The molecule has 0 spiro atoms. The molecule has 0 saturated heterocycles. The fraction of sp³-hybridized carbons (Fsp3) is 0.294. The van der Waals surface area contributed by atoms with E-state index in [9.17, 15) is 9.90 Å². The van der Waals surface area contributed by atoms with Crippen LogP contribution in [0, 0.1) is 0 Å². The van der Waals surface area contributed by atoms with Gasteiger partial charge in [-0.25, -0.2) is 4.79 Å². The number of ether oxygens (including phenoxy) is 1. The van der Waals surface area contributed by atoms with Gasteiger partial charge >= 0.3 is 5.69 Å². The summed E-state index contributed by atoms with van der Waals surface area (Å²) < 4.78 is 6.65. The fourth-order valence-electron chi connectivity index (χ4n) is 3.16. The second kappa shape index (κ2) is 5.10. The summed E-state index contributed by atoms with van der Waals surface area (Å²) in [5, 5.41) is 11.3. The minimum Gasteiger partial charge on any atom is -0.481 e. The van der Waals surface area contributed by atoms with Gasteiger partial charge in [-0.15, -0.1) is 0 Å². The van der Waals surface area contributed by atoms with Crippen LogP contribution in [0.15, 0.2) is 41.7 Å². The Morgan fingerprint density at radius 3 is 2.68 bits per heavy atom. The number of aliphatic hydroxyl groups is 1. The van der Waals surface area contributed by atoms with Gasteiger partial charge in [0.2, 0.25) is 5.88 Å². The molecule has 5 nitrogen and oxygen atoms in total. The average molecular weight is 298 g/mol.